The first-order valence-corrected chi connectivity index (χ1v) is 8.72. The molecule has 3 aromatic rings. The van der Waals surface area contributed by atoms with Gasteiger partial charge in [0.25, 0.3) is 0 Å². The van der Waals surface area contributed by atoms with Gasteiger partial charge in [-0.25, -0.2) is 4.98 Å². The van der Waals surface area contributed by atoms with Crippen molar-refractivity contribution in [1.82, 2.24) is 9.97 Å². The Morgan fingerprint density at radius 1 is 1.13 bits per heavy atom. The highest BCUT2D eigenvalue weighted by atomic mass is 19.4. The Kier molecular flexibility index (Phi) is 5.54. The molecule has 2 aromatic heterocycles. The summed E-state index contributed by atoms with van der Waals surface area (Å²) in [4.78, 5) is 7.77. The third-order valence-corrected chi connectivity index (χ3v) is 4.24. The molecule has 8 nitrogen and oxygen atoms in total. The lowest BCUT2D eigenvalue weighted by Gasteiger charge is -2.16. The number of aromatic nitrogens is 3. The summed E-state index contributed by atoms with van der Waals surface area (Å²) in [5, 5.41) is 15.2. The number of benzene rings is 1. The summed E-state index contributed by atoms with van der Waals surface area (Å²) in [5.41, 5.74) is 7.34. The molecule has 0 unspecified atom stereocenters. The zero-order chi connectivity index (χ0) is 22.1. The molecule has 2 heterocycles. The SMILES string of the molecule is COc1cc(Nc2ncc(C(F)(F)F)c(Nc3ccc(C)cc3N)n2)c(C)c[n+]1O. The number of nitrogens with one attached hydrogen (secondary N) is 2. The molecule has 0 radical (unpaired) electrons. The third-order valence-electron chi connectivity index (χ3n) is 4.24. The number of nitrogens with zero attached hydrogens (tertiary/aromatic N) is 3. The van der Waals surface area contributed by atoms with E-state index in [1.807, 2.05) is 6.92 Å². The van der Waals surface area contributed by atoms with Crippen LogP contribution in [0.15, 0.2) is 36.7 Å². The Bertz CT molecular complexity index is 1090. The second-order valence-corrected chi connectivity index (χ2v) is 6.55. The standard InChI is InChI=1S/C19H19F3N6O2/c1-10-4-5-14(13(23)6-10)25-17-12(19(20,21)22)8-24-18(27-17)26-15-7-16(30-3)28(29)9-11(15)2/h4-9,29H,23H2,1-3H3,(H,24,25,27)/p+1. The Labute approximate surface area is 170 Å². The second-order valence-electron chi connectivity index (χ2n) is 6.55. The normalized spacial score (nSPS) is 11.3. The molecule has 158 valence electrons. The van der Waals surface area contributed by atoms with Gasteiger partial charge in [0.2, 0.25) is 12.1 Å². The number of halogens is 3. The smallest absolute Gasteiger partial charge is 0.421 e. The first-order valence-electron chi connectivity index (χ1n) is 8.72. The van der Waals surface area contributed by atoms with E-state index in [9.17, 15) is 18.4 Å². The summed E-state index contributed by atoms with van der Waals surface area (Å²) >= 11 is 0. The molecule has 30 heavy (non-hydrogen) atoms. The molecule has 0 aliphatic heterocycles. The quantitative estimate of drug-likeness (QED) is 0.282. The Hall–Kier alpha value is -3.76. The molecule has 0 aliphatic carbocycles. The fourth-order valence-corrected chi connectivity index (χ4v) is 2.70. The van der Waals surface area contributed by atoms with Gasteiger partial charge in [0.05, 0.1) is 30.2 Å². The van der Waals surface area contributed by atoms with Gasteiger partial charge in [-0.3, -0.25) is 5.21 Å². The molecule has 0 spiro atoms. The van der Waals surface area contributed by atoms with E-state index in [0.717, 1.165) is 10.3 Å². The average molecular weight is 421 g/mol. The van der Waals surface area contributed by atoms with Crippen LogP contribution in [-0.4, -0.2) is 22.3 Å². The molecule has 0 fully saturated rings. The third kappa shape index (κ3) is 4.45. The summed E-state index contributed by atoms with van der Waals surface area (Å²) in [5.74, 6) is -0.425. The Morgan fingerprint density at radius 2 is 1.87 bits per heavy atom. The van der Waals surface area contributed by atoms with Crippen LogP contribution in [0.1, 0.15) is 16.7 Å². The number of hydrogen-bond acceptors (Lipinski definition) is 7. The van der Waals surface area contributed by atoms with Gasteiger partial charge in [-0.1, -0.05) is 6.07 Å². The van der Waals surface area contributed by atoms with E-state index in [0.29, 0.717) is 17.4 Å². The van der Waals surface area contributed by atoms with Crippen LogP contribution in [0.2, 0.25) is 0 Å². The summed E-state index contributed by atoms with van der Waals surface area (Å²) in [6, 6.07) is 6.39. The van der Waals surface area contributed by atoms with Crippen LogP contribution in [0.4, 0.5) is 42.0 Å². The van der Waals surface area contributed by atoms with Crippen molar-refractivity contribution in [2.24, 2.45) is 0 Å². The lowest BCUT2D eigenvalue weighted by atomic mass is 10.2. The van der Waals surface area contributed by atoms with E-state index < -0.39 is 17.6 Å². The van der Waals surface area contributed by atoms with E-state index in [1.54, 1.807) is 25.1 Å². The first-order chi connectivity index (χ1) is 14.1. The minimum Gasteiger partial charge on any atom is -0.445 e. The van der Waals surface area contributed by atoms with Crippen molar-refractivity contribution in [1.29, 1.82) is 0 Å². The summed E-state index contributed by atoms with van der Waals surface area (Å²) < 4.78 is 46.2. The van der Waals surface area contributed by atoms with Crippen molar-refractivity contribution in [3.63, 3.8) is 0 Å². The van der Waals surface area contributed by atoms with Crippen LogP contribution < -0.4 is 25.8 Å². The Balaban J connectivity index is 2.01. The van der Waals surface area contributed by atoms with Crippen LogP contribution in [-0.2, 0) is 6.18 Å². The van der Waals surface area contributed by atoms with Crippen molar-refractivity contribution in [2.45, 2.75) is 20.0 Å². The highest BCUT2D eigenvalue weighted by Crippen LogP contribution is 2.36. The second kappa shape index (κ2) is 7.93. The maximum Gasteiger partial charge on any atom is 0.421 e. The molecule has 0 bridgehead atoms. The monoisotopic (exact) mass is 421 g/mol. The number of aryl methyl sites for hydroxylation is 2. The zero-order valence-electron chi connectivity index (χ0n) is 16.4. The predicted octanol–water partition coefficient (Wildman–Crippen LogP) is 3.72. The molecule has 1 aromatic carbocycles. The van der Waals surface area contributed by atoms with Crippen molar-refractivity contribution in [3.8, 4) is 5.88 Å². The lowest BCUT2D eigenvalue weighted by Crippen LogP contribution is -2.32. The lowest BCUT2D eigenvalue weighted by molar-refractivity contribution is -0.906. The van der Waals surface area contributed by atoms with Gasteiger partial charge in [0, 0.05) is 16.5 Å². The molecule has 0 aliphatic rings. The molecule has 0 saturated carbocycles. The predicted molar refractivity (Wildman–Crippen MR) is 104 cm³/mol. The van der Waals surface area contributed by atoms with Gasteiger partial charge in [-0.15, -0.1) is 0 Å². The largest absolute Gasteiger partial charge is 0.445 e. The van der Waals surface area contributed by atoms with Crippen LogP contribution in [0.3, 0.4) is 0 Å². The summed E-state index contributed by atoms with van der Waals surface area (Å²) in [6.45, 7) is 3.51. The summed E-state index contributed by atoms with van der Waals surface area (Å²) in [6.07, 6.45) is -2.62. The maximum atomic E-state index is 13.5. The number of ether oxygens (including phenoxy) is 1. The van der Waals surface area contributed by atoms with Gasteiger partial charge < -0.3 is 21.1 Å². The van der Waals surface area contributed by atoms with Crippen LogP contribution in [0.25, 0.3) is 0 Å². The number of nitrogens with two attached hydrogens (primary N) is 1. The number of rotatable bonds is 5. The van der Waals surface area contributed by atoms with Crippen molar-refractivity contribution < 1.29 is 27.8 Å². The molecule has 11 heteroatoms. The van der Waals surface area contributed by atoms with E-state index in [1.165, 1.54) is 19.4 Å². The number of pyridine rings is 1. The highest BCUT2D eigenvalue weighted by molar-refractivity contribution is 5.73. The van der Waals surface area contributed by atoms with E-state index in [-0.39, 0.29) is 23.2 Å². The minimum absolute atomic E-state index is 0.0861. The van der Waals surface area contributed by atoms with Gasteiger partial charge in [-0.05, 0) is 31.5 Å². The van der Waals surface area contributed by atoms with Gasteiger partial charge in [-0.2, -0.15) is 18.2 Å². The fourth-order valence-electron chi connectivity index (χ4n) is 2.70. The van der Waals surface area contributed by atoms with Crippen LogP contribution in [0.5, 0.6) is 5.88 Å². The number of nitrogen functional groups attached to an aromatic ring is 1. The van der Waals surface area contributed by atoms with Gasteiger partial charge >= 0.3 is 12.1 Å². The van der Waals surface area contributed by atoms with Crippen molar-refractivity contribution in [2.75, 3.05) is 23.5 Å². The maximum absolute atomic E-state index is 13.5. The van der Waals surface area contributed by atoms with E-state index in [2.05, 4.69) is 20.6 Å². The molecule has 5 N–H and O–H groups in total. The molecule has 0 saturated heterocycles. The average Bonchev–Trinajstić information content (AvgIpc) is 2.65. The van der Waals surface area contributed by atoms with Gasteiger partial charge in [0.15, 0.2) is 0 Å². The number of hydrogen-bond donors (Lipinski definition) is 4. The topological polar surface area (TPSA) is 109 Å². The minimum atomic E-state index is -4.67. The van der Waals surface area contributed by atoms with Crippen molar-refractivity contribution in [3.05, 3.63) is 53.3 Å². The van der Waals surface area contributed by atoms with Crippen LogP contribution in [0, 0.1) is 13.8 Å². The molecule has 0 atom stereocenters. The summed E-state index contributed by atoms with van der Waals surface area (Å²) in [7, 11) is 1.36. The number of anilines is 5. The van der Waals surface area contributed by atoms with Crippen molar-refractivity contribution >= 4 is 28.8 Å². The highest BCUT2D eigenvalue weighted by Gasteiger charge is 2.35. The van der Waals surface area contributed by atoms with Gasteiger partial charge in [0.1, 0.15) is 11.4 Å². The van der Waals surface area contributed by atoms with Crippen LogP contribution >= 0.6 is 0 Å². The molecular formula is C19H20F3N6O2+. The molecular weight excluding hydrogens is 401 g/mol. The van der Waals surface area contributed by atoms with E-state index >= 15 is 0 Å². The van der Waals surface area contributed by atoms with E-state index in [4.69, 9.17) is 10.5 Å². The number of methoxy groups -OCH3 is 1. The first kappa shape index (κ1) is 21.0. The molecule has 3 rings (SSSR count). The zero-order valence-corrected chi connectivity index (χ0v) is 16.4. The molecule has 0 amide bonds. The Morgan fingerprint density at radius 3 is 2.50 bits per heavy atom. The number of alkyl halides is 3. The fraction of sp³-hybridized carbons (Fsp3) is 0.211.